The fraction of sp³-hybridized carbons (Fsp3) is 0.111. The van der Waals surface area contributed by atoms with Crippen LogP contribution in [-0.4, -0.2) is 0 Å². The lowest BCUT2D eigenvalue weighted by Gasteiger charge is -2.33. The average molecular weight is 706 g/mol. The van der Waals surface area contributed by atoms with Crippen molar-refractivity contribution >= 4 is 17.1 Å². The van der Waals surface area contributed by atoms with Crippen LogP contribution < -0.4 is 4.90 Å². The van der Waals surface area contributed by atoms with Crippen LogP contribution in [0.15, 0.2) is 188 Å². The van der Waals surface area contributed by atoms with E-state index in [1.54, 1.807) is 0 Å². The van der Waals surface area contributed by atoms with Gasteiger partial charge in [-0.3, -0.25) is 0 Å². The second kappa shape index (κ2) is 12.6. The van der Waals surface area contributed by atoms with Crippen LogP contribution in [0.5, 0.6) is 0 Å². The molecule has 0 amide bonds. The van der Waals surface area contributed by atoms with E-state index in [0.717, 1.165) is 11.4 Å². The molecule has 55 heavy (non-hydrogen) atoms. The minimum Gasteiger partial charge on any atom is -0.309 e. The Morgan fingerprint density at radius 2 is 0.709 bits per heavy atom. The smallest absolute Gasteiger partial charge is 0.0624 e. The Kier molecular flexibility index (Phi) is 7.58. The molecule has 0 N–H and O–H groups in total. The Balaban J connectivity index is 1.22. The van der Waals surface area contributed by atoms with E-state index < -0.39 is 0 Å². The number of hydrogen-bond acceptors (Lipinski definition) is 1. The maximum Gasteiger partial charge on any atom is 0.0624 e. The molecule has 1 nitrogen and oxygen atoms in total. The fourth-order valence-electron chi connectivity index (χ4n) is 9.34. The molecule has 0 spiro atoms. The van der Waals surface area contributed by atoms with Crippen LogP contribution in [0.2, 0.25) is 0 Å². The number of para-hydroxylation sites is 1. The lowest BCUT2D eigenvalue weighted by molar-refractivity contribution is 0.639. The highest BCUT2D eigenvalue weighted by Gasteiger charge is 2.45. The highest BCUT2D eigenvalue weighted by atomic mass is 15.1. The Bertz CT molecular complexity index is 2700. The van der Waals surface area contributed by atoms with Crippen LogP contribution in [0, 0.1) is 0 Å². The minimum atomic E-state index is -0.188. The van der Waals surface area contributed by atoms with Gasteiger partial charge in [-0.05, 0) is 97.1 Å². The maximum atomic E-state index is 2.56. The normalized spacial score (nSPS) is 14.1. The summed E-state index contributed by atoms with van der Waals surface area (Å²) >= 11 is 0. The van der Waals surface area contributed by atoms with Crippen molar-refractivity contribution in [2.45, 2.75) is 38.5 Å². The Morgan fingerprint density at radius 1 is 0.309 bits per heavy atom. The predicted molar refractivity (Wildman–Crippen MR) is 233 cm³/mol. The van der Waals surface area contributed by atoms with Gasteiger partial charge in [-0.15, -0.1) is 0 Å². The Hall–Kier alpha value is -6.44. The van der Waals surface area contributed by atoms with Gasteiger partial charge >= 0.3 is 0 Å². The van der Waals surface area contributed by atoms with E-state index in [1.807, 2.05) is 0 Å². The zero-order valence-electron chi connectivity index (χ0n) is 31.8. The first-order valence-electron chi connectivity index (χ1n) is 19.4. The molecule has 0 aliphatic heterocycles. The SMILES string of the molecule is CC1(C)c2ccccc2-c2c1cc1c(c2N(c2ccccc2)c2ccc(-c3ccc(-c4ccccc4)cc3)cc2)-c2cc(-c3ccccc3)ccc2C1(C)C. The molecule has 264 valence electrons. The van der Waals surface area contributed by atoms with Crippen molar-refractivity contribution in [3.63, 3.8) is 0 Å². The lowest BCUT2D eigenvalue weighted by atomic mass is 9.77. The molecule has 8 aromatic carbocycles. The molecular formula is C54H43N. The molecule has 0 heterocycles. The van der Waals surface area contributed by atoms with Crippen molar-refractivity contribution in [2.75, 3.05) is 4.90 Å². The zero-order chi connectivity index (χ0) is 37.3. The summed E-state index contributed by atoms with van der Waals surface area (Å²) in [6.45, 7) is 9.63. The third-order valence-corrected chi connectivity index (χ3v) is 12.3. The molecule has 10 rings (SSSR count). The number of rotatable bonds is 6. The first-order valence-corrected chi connectivity index (χ1v) is 19.4. The second-order valence-electron chi connectivity index (χ2n) is 16.2. The van der Waals surface area contributed by atoms with Crippen LogP contribution >= 0.6 is 0 Å². The van der Waals surface area contributed by atoms with Crippen molar-refractivity contribution < 1.29 is 0 Å². The summed E-state index contributed by atoms with van der Waals surface area (Å²) in [4.78, 5) is 2.54. The van der Waals surface area contributed by atoms with Crippen LogP contribution in [0.4, 0.5) is 17.1 Å². The van der Waals surface area contributed by atoms with Crippen LogP contribution in [0.1, 0.15) is 49.9 Å². The minimum absolute atomic E-state index is 0.159. The van der Waals surface area contributed by atoms with Gasteiger partial charge in [0.15, 0.2) is 0 Å². The topological polar surface area (TPSA) is 3.24 Å². The van der Waals surface area contributed by atoms with Gasteiger partial charge in [-0.2, -0.15) is 0 Å². The summed E-state index contributed by atoms with van der Waals surface area (Å²) in [5.41, 5.74) is 21.4. The third-order valence-electron chi connectivity index (χ3n) is 12.3. The van der Waals surface area contributed by atoms with Crippen LogP contribution in [0.3, 0.4) is 0 Å². The molecular weight excluding hydrogens is 663 g/mol. The Morgan fingerprint density at radius 3 is 1.29 bits per heavy atom. The van der Waals surface area contributed by atoms with Crippen molar-refractivity contribution in [1.82, 2.24) is 0 Å². The molecule has 0 bridgehead atoms. The first kappa shape index (κ1) is 33.2. The molecule has 0 fully saturated rings. The van der Waals surface area contributed by atoms with E-state index in [4.69, 9.17) is 0 Å². The van der Waals surface area contributed by atoms with Gasteiger partial charge < -0.3 is 4.90 Å². The third kappa shape index (κ3) is 5.22. The fourth-order valence-corrected chi connectivity index (χ4v) is 9.34. The summed E-state index contributed by atoms with van der Waals surface area (Å²) in [5.74, 6) is 0. The van der Waals surface area contributed by atoms with Crippen molar-refractivity contribution in [2.24, 2.45) is 0 Å². The van der Waals surface area contributed by atoms with Gasteiger partial charge in [0.2, 0.25) is 0 Å². The molecule has 0 atom stereocenters. The molecule has 0 saturated heterocycles. The molecule has 0 aromatic heterocycles. The number of nitrogens with zero attached hydrogens (tertiary/aromatic N) is 1. The van der Waals surface area contributed by atoms with Gasteiger partial charge in [-0.25, -0.2) is 0 Å². The number of benzene rings is 8. The van der Waals surface area contributed by atoms with E-state index in [0.29, 0.717) is 0 Å². The summed E-state index contributed by atoms with van der Waals surface area (Å²) in [6.07, 6.45) is 0. The summed E-state index contributed by atoms with van der Waals surface area (Å²) in [5, 5.41) is 0. The lowest BCUT2D eigenvalue weighted by Crippen LogP contribution is -2.20. The van der Waals surface area contributed by atoms with Gasteiger partial charge in [0.25, 0.3) is 0 Å². The highest BCUT2D eigenvalue weighted by Crippen LogP contribution is 2.63. The molecule has 1 heteroatoms. The van der Waals surface area contributed by atoms with Gasteiger partial charge in [0, 0.05) is 33.3 Å². The van der Waals surface area contributed by atoms with E-state index in [-0.39, 0.29) is 10.8 Å². The summed E-state index contributed by atoms with van der Waals surface area (Å²) in [6, 6.07) is 69.3. The monoisotopic (exact) mass is 705 g/mol. The quantitative estimate of drug-likeness (QED) is 0.166. The van der Waals surface area contributed by atoms with E-state index in [1.165, 1.54) is 83.6 Å². The first-order chi connectivity index (χ1) is 26.8. The predicted octanol–water partition coefficient (Wildman–Crippen LogP) is 14.8. The number of fused-ring (bicyclic) bond motifs is 6. The Labute approximate surface area is 325 Å². The maximum absolute atomic E-state index is 2.56. The molecule has 2 aliphatic carbocycles. The van der Waals surface area contributed by atoms with Crippen molar-refractivity contribution in [1.29, 1.82) is 0 Å². The molecule has 0 radical (unpaired) electrons. The standard InChI is InChI=1S/C54H43N/c1-53(2)46-23-15-14-22-44(46)50-48(53)35-49-51(45-34-41(37-18-10-6-11-19-37)30-33-47(45)54(49,3)4)52(50)55(42-20-12-7-13-21-42)43-31-28-40(29-32-43)39-26-24-38(25-27-39)36-16-8-5-9-17-36/h5-35H,1-4H3. The van der Waals surface area contributed by atoms with Gasteiger partial charge in [0.05, 0.1) is 5.69 Å². The molecule has 0 saturated carbocycles. The van der Waals surface area contributed by atoms with Crippen LogP contribution in [0.25, 0.3) is 55.6 Å². The van der Waals surface area contributed by atoms with E-state index in [2.05, 4.69) is 221 Å². The van der Waals surface area contributed by atoms with Gasteiger partial charge in [0.1, 0.15) is 0 Å². The number of anilines is 3. The highest BCUT2D eigenvalue weighted by molar-refractivity contribution is 6.06. The van der Waals surface area contributed by atoms with Crippen LogP contribution in [-0.2, 0) is 10.8 Å². The van der Waals surface area contributed by atoms with E-state index in [9.17, 15) is 0 Å². The number of hydrogen-bond donors (Lipinski definition) is 0. The zero-order valence-corrected chi connectivity index (χ0v) is 31.8. The summed E-state index contributed by atoms with van der Waals surface area (Å²) in [7, 11) is 0. The van der Waals surface area contributed by atoms with E-state index >= 15 is 0 Å². The molecule has 8 aromatic rings. The second-order valence-corrected chi connectivity index (χ2v) is 16.2. The van der Waals surface area contributed by atoms with Crippen molar-refractivity contribution in [3.05, 3.63) is 210 Å². The summed E-state index contributed by atoms with van der Waals surface area (Å²) < 4.78 is 0. The average Bonchev–Trinajstić information content (AvgIpc) is 3.61. The largest absolute Gasteiger partial charge is 0.309 e. The molecule has 2 aliphatic rings. The molecule has 0 unspecified atom stereocenters. The van der Waals surface area contributed by atoms with Crippen molar-refractivity contribution in [3.8, 4) is 55.6 Å². The van der Waals surface area contributed by atoms with Gasteiger partial charge in [-0.1, -0.05) is 185 Å².